The molecule has 4 nitrogen and oxygen atoms in total. The van der Waals surface area contributed by atoms with E-state index >= 15 is 0 Å². The number of sulfonamides is 1. The average molecular weight is 332 g/mol. The molecule has 2 N–H and O–H groups in total. The molecule has 0 bridgehead atoms. The summed E-state index contributed by atoms with van der Waals surface area (Å²) in [6, 6.07) is 5.77. The molecular formula is C13H14F2N2O2S2. The highest BCUT2D eigenvalue weighted by Crippen LogP contribution is 2.25. The van der Waals surface area contributed by atoms with Gasteiger partial charge in [-0.25, -0.2) is 17.2 Å². The van der Waals surface area contributed by atoms with Crippen molar-refractivity contribution in [3.05, 3.63) is 46.8 Å². The molecule has 0 unspecified atom stereocenters. The van der Waals surface area contributed by atoms with Gasteiger partial charge in [0.2, 0.25) is 0 Å². The van der Waals surface area contributed by atoms with E-state index in [1.165, 1.54) is 6.07 Å². The summed E-state index contributed by atoms with van der Waals surface area (Å²) in [7, 11) is -2.11. The molecule has 1 aromatic carbocycles. The minimum Gasteiger partial charge on any atom is -0.319 e. The number of thiophene rings is 1. The molecule has 0 atom stereocenters. The molecule has 1 heterocycles. The van der Waals surface area contributed by atoms with Crippen LogP contribution in [-0.2, 0) is 16.4 Å². The Morgan fingerprint density at radius 2 is 1.95 bits per heavy atom. The Kier molecular flexibility index (Phi) is 4.92. The molecule has 0 radical (unpaired) electrons. The molecule has 1 aromatic heterocycles. The first-order chi connectivity index (χ1) is 9.92. The maximum absolute atomic E-state index is 13.5. The molecule has 0 amide bonds. The van der Waals surface area contributed by atoms with Crippen molar-refractivity contribution in [1.82, 2.24) is 5.32 Å². The molecule has 0 fully saturated rings. The number of anilines is 1. The van der Waals surface area contributed by atoms with Crippen molar-refractivity contribution in [3.63, 3.8) is 0 Å². The molecule has 114 valence electrons. The second kappa shape index (κ2) is 6.50. The fourth-order valence-electron chi connectivity index (χ4n) is 1.66. The predicted octanol–water partition coefficient (Wildman–Crippen LogP) is 2.59. The summed E-state index contributed by atoms with van der Waals surface area (Å²) in [5, 5.41) is 2.97. The van der Waals surface area contributed by atoms with E-state index in [-0.39, 0.29) is 4.21 Å². The number of benzene rings is 1. The predicted molar refractivity (Wildman–Crippen MR) is 79.1 cm³/mol. The van der Waals surface area contributed by atoms with E-state index in [4.69, 9.17) is 0 Å². The molecule has 0 aliphatic heterocycles. The van der Waals surface area contributed by atoms with Crippen LogP contribution in [0.3, 0.4) is 0 Å². The summed E-state index contributed by atoms with van der Waals surface area (Å²) in [4.78, 5) is 0.893. The van der Waals surface area contributed by atoms with Gasteiger partial charge in [-0.1, -0.05) is 0 Å². The zero-order valence-electron chi connectivity index (χ0n) is 11.2. The first-order valence-electron chi connectivity index (χ1n) is 6.13. The van der Waals surface area contributed by atoms with Gasteiger partial charge in [0.25, 0.3) is 10.0 Å². The smallest absolute Gasteiger partial charge is 0.271 e. The van der Waals surface area contributed by atoms with Crippen LogP contribution in [0.5, 0.6) is 0 Å². The van der Waals surface area contributed by atoms with Crippen LogP contribution >= 0.6 is 11.3 Å². The Balaban J connectivity index is 2.22. The van der Waals surface area contributed by atoms with E-state index in [9.17, 15) is 17.2 Å². The van der Waals surface area contributed by atoms with E-state index in [1.54, 1.807) is 13.1 Å². The van der Waals surface area contributed by atoms with Crippen LogP contribution in [0.15, 0.2) is 34.5 Å². The van der Waals surface area contributed by atoms with Crippen molar-refractivity contribution < 1.29 is 17.2 Å². The normalized spacial score (nSPS) is 11.6. The number of hydrogen-bond acceptors (Lipinski definition) is 4. The lowest BCUT2D eigenvalue weighted by molar-refractivity contribution is 0.595. The van der Waals surface area contributed by atoms with Gasteiger partial charge >= 0.3 is 0 Å². The van der Waals surface area contributed by atoms with Crippen LogP contribution in [0.25, 0.3) is 0 Å². The highest BCUT2D eigenvalue weighted by molar-refractivity contribution is 7.94. The number of rotatable bonds is 6. The highest BCUT2D eigenvalue weighted by atomic mass is 32.2. The first kappa shape index (κ1) is 15.9. The molecule has 0 saturated heterocycles. The van der Waals surface area contributed by atoms with Crippen molar-refractivity contribution in [2.45, 2.75) is 10.6 Å². The zero-order chi connectivity index (χ0) is 15.5. The average Bonchev–Trinajstić information content (AvgIpc) is 2.90. The molecule has 0 saturated carbocycles. The molecule has 0 spiro atoms. The van der Waals surface area contributed by atoms with Crippen LogP contribution in [0, 0.1) is 11.6 Å². The largest absolute Gasteiger partial charge is 0.319 e. The lowest BCUT2D eigenvalue weighted by Gasteiger charge is -2.07. The summed E-state index contributed by atoms with van der Waals surface area (Å²) >= 11 is 1.10. The Bertz CT molecular complexity index is 730. The van der Waals surface area contributed by atoms with Crippen LogP contribution in [0.1, 0.15) is 4.88 Å². The van der Waals surface area contributed by atoms with Gasteiger partial charge in [0, 0.05) is 10.9 Å². The molecule has 0 aliphatic rings. The third-order valence-corrected chi connectivity index (χ3v) is 5.70. The Morgan fingerprint density at radius 1 is 1.19 bits per heavy atom. The lowest BCUT2D eigenvalue weighted by Crippen LogP contribution is -2.13. The molecule has 21 heavy (non-hydrogen) atoms. The van der Waals surface area contributed by atoms with Crippen LogP contribution in [-0.4, -0.2) is 22.0 Å². The van der Waals surface area contributed by atoms with E-state index in [2.05, 4.69) is 10.0 Å². The second-order valence-electron chi connectivity index (χ2n) is 4.30. The highest BCUT2D eigenvalue weighted by Gasteiger charge is 2.19. The fraction of sp³-hybridized carbons (Fsp3) is 0.231. The topological polar surface area (TPSA) is 58.2 Å². The van der Waals surface area contributed by atoms with Gasteiger partial charge < -0.3 is 5.32 Å². The summed E-state index contributed by atoms with van der Waals surface area (Å²) in [6.45, 7) is 0.728. The van der Waals surface area contributed by atoms with Crippen LogP contribution in [0.4, 0.5) is 14.5 Å². The van der Waals surface area contributed by atoms with E-state index < -0.39 is 27.3 Å². The summed E-state index contributed by atoms with van der Waals surface area (Å²) in [5.74, 6) is -1.54. The molecule has 0 aliphatic carbocycles. The molecule has 8 heteroatoms. The number of hydrogen-bond donors (Lipinski definition) is 2. The van der Waals surface area contributed by atoms with Crippen molar-refractivity contribution in [3.8, 4) is 0 Å². The number of likely N-dealkylation sites (N-methyl/N-ethyl adjacent to an activating group) is 1. The maximum Gasteiger partial charge on any atom is 0.271 e. The van der Waals surface area contributed by atoms with E-state index in [0.717, 1.165) is 41.0 Å². The zero-order valence-corrected chi connectivity index (χ0v) is 12.8. The minimum absolute atomic E-state index is 0.0669. The van der Waals surface area contributed by atoms with Gasteiger partial charge in [0.05, 0.1) is 5.69 Å². The van der Waals surface area contributed by atoms with Gasteiger partial charge in [0.15, 0.2) is 0 Å². The van der Waals surface area contributed by atoms with Crippen molar-refractivity contribution in [2.24, 2.45) is 0 Å². The van der Waals surface area contributed by atoms with Gasteiger partial charge in [-0.15, -0.1) is 11.3 Å². The van der Waals surface area contributed by atoms with Crippen molar-refractivity contribution in [1.29, 1.82) is 0 Å². The first-order valence-corrected chi connectivity index (χ1v) is 8.43. The summed E-state index contributed by atoms with van der Waals surface area (Å²) in [6.07, 6.45) is 0.699. The Labute approximate surface area is 125 Å². The third kappa shape index (κ3) is 3.99. The Hall–Kier alpha value is -1.51. The third-order valence-electron chi connectivity index (χ3n) is 2.70. The standard InChI is InChI=1S/C13H14F2N2O2S2/c1-16-7-6-10-3-5-13(20-10)21(18,19)17-12-8-9(14)2-4-11(12)15/h2-5,8,16-17H,6-7H2,1H3. The van der Waals surface area contributed by atoms with Gasteiger partial charge in [-0.2, -0.15) is 0 Å². The minimum atomic E-state index is -3.92. The summed E-state index contributed by atoms with van der Waals surface area (Å²) < 4.78 is 53.0. The second-order valence-corrected chi connectivity index (χ2v) is 7.38. The van der Waals surface area contributed by atoms with Crippen molar-refractivity contribution in [2.75, 3.05) is 18.3 Å². The SMILES string of the molecule is CNCCc1ccc(S(=O)(=O)Nc2cc(F)ccc2F)s1. The van der Waals surface area contributed by atoms with Crippen LogP contribution in [0.2, 0.25) is 0 Å². The van der Waals surface area contributed by atoms with Crippen LogP contribution < -0.4 is 10.0 Å². The van der Waals surface area contributed by atoms with Crippen molar-refractivity contribution >= 4 is 27.0 Å². The summed E-state index contributed by atoms with van der Waals surface area (Å²) in [5.41, 5.74) is -0.403. The molecule has 2 aromatic rings. The maximum atomic E-state index is 13.5. The molecule has 2 rings (SSSR count). The fourth-order valence-corrected chi connectivity index (χ4v) is 4.07. The van der Waals surface area contributed by atoms with E-state index in [1.807, 2.05) is 0 Å². The quantitative estimate of drug-likeness (QED) is 0.855. The molecular weight excluding hydrogens is 318 g/mol. The van der Waals surface area contributed by atoms with Gasteiger partial charge in [-0.05, 0) is 44.3 Å². The lowest BCUT2D eigenvalue weighted by atomic mass is 10.3. The monoisotopic (exact) mass is 332 g/mol. The number of nitrogens with one attached hydrogen (secondary N) is 2. The van der Waals surface area contributed by atoms with Gasteiger partial charge in [0.1, 0.15) is 15.8 Å². The Morgan fingerprint density at radius 3 is 2.67 bits per heavy atom. The van der Waals surface area contributed by atoms with E-state index in [0.29, 0.717) is 6.42 Å². The number of halogens is 2. The van der Waals surface area contributed by atoms with Gasteiger partial charge in [-0.3, -0.25) is 4.72 Å².